The molecule has 190 valence electrons. The third kappa shape index (κ3) is 5.37. The van der Waals surface area contributed by atoms with E-state index in [4.69, 9.17) is 9.84 Å². The fourth-order valence-electron chi connectivity index (χ4n) is 4.73. The smallest absolute Gasteiger partial charge is 0.259 e. The van der Waals surface area contributed by atoms with Crippen LogP contribution in [0.1, 0.15) is 22.8 Å². The Morgan fingerprint density at radius 1 is 0.946 bits per heavy atom. The topological polar surface area (TPSA) is 62.6 Å². The molecule has 0 spiro atoms. The molecule has 0 bridgehead atoms. The first kappa shape index (κ1) is 24.6. The maximum absolute atomic E-state index is 13.6. The number of hydrogen-bond acceptors (Lipinski definition) is 5. The summed E-state index contributed by atoms with van der Waals surface area (Å²) in [6, 6.07) is 23.7. The van der Waals surface area contributed by atoms with E-state index in [2.05, 4.69) is 34.2 Å². The summed E-state index contributed by atoms with van der Waals surface area (Å²) >= 11 is 0. The number of amides is 1. The molecule has 2 heterocycles. The molecule has 0 unspecified atom stereocenters. The van der Waals surface area contributed by atoms with Crippen molar-refractivity contribution < 1.29 is 9.53 Å². The van der Waals surface area contributed by atoms with Crippen LogP contribution in [-0.4, -0.2) is 60.4 Å². The first-order chi connectivity index (χ1) is 18.1. The van der Waals surface area contributed by atoms with Crippen LogP contribution >= 0.6 is 0 Å². The predicted molar refractivity (Wildman–Crippen MR) is 149 cm³/mol. The van der Waals surface area contributed by atoms with Crippen molar-refractivity contribution in [3.8, 4) is 22.7 Å². The number of aromatic nitrogens is 2. The van der Waals surface area contributed by atoms with Gasteiger partial charge in [0.25, 0.3) is 5.91 Å². The Kier molecular flexibility index (Phi) is 7.23. The predicted octanol–water partition coefficient (Wildman–Crippen LogP) is 5.25. The molecule has 1 aromatic heterocycles. The fourth-order valence-corrected chi connectivity index (χ4v) is 4.73. The van der Waals surface area contributed by atoms with Crippen LogP contribution in [-0.2, 0) is 0 Å². The molecule has 37 heavy (non-hydrogen) atoms. The molecule has 3 aromatic carbocycles. The van der Waals surface area contributed by atoms with Crippen LogP contribution in [0.5, 0.6) is 5.75 Å². The number of methoxy groups -OCH3 is 1. The van der Waals surface area contributed by atoms with Gasteiger partial charge in [0.1, 0.15) is 11.4 Å². The number of ether oxygens (including phenoxy) is 1. The number of benzene rings is 3. The van der Waals surface area contributed by atoms with Crippen LogP contribution in [0.4, 0.5) is 11.4 Å². The zero-order chi connectivity index (χ0) is 25.8. The Morgan fingerprint density at radius 2 is 1.73 bits per heavy atom. The van der Waals surface area contributed by atoms with E-state index < -0.39 is 0 Å². The Morgan fingerprint density at radius 3 is 2.43 bits per heavy atom. The zero-order valence-corrected chi connectivity index (χ0v) is 21.6. The molecule has 1 saturated heterocycles. The third-order valence-electron chi connectivity index (χ3n) is 6.97. The van der Waals surface area contributed by atoms with E-state index in [-0.39, 0.29) is 5.91 Å². The van der Waals surface area contributed by atoms with Crippen molar-refractivity contribution in [2.24, 2.45) is 0 Å². The zero-order valence-electron chi connectivity index (χ0n) is 21.6. The highest BCUT2D eigenvalue weighted by atomic mass is 16.5. The molecule has 4 aromatic rings. The van der Waals surface area contributed by atoms with Gasteiger partial charge in [0.15, 0.2) is 0 Å². The molecule has 1 aliphatic rings. The second-order valence-corrected chi connectivity index (χ2v) is 9.28. The Labute approximate surface area is 218 Å². The van der Waals surface area contributed by atoms with Gasteiger partial charge in [-0.3, -0.25) is 4.79 Å². The molecule has 1 fully saturated rings. The molecule has 7 nitrogen and oxygen atoms in total. The van der Waals surface area contributed by atoms with Crippen LogP contribution in [0.25, 0.3) is 16.9 Å². The summed E-state index contributed by atoms with van der Waals surface area (Å²) in [7, 11) is 1.63. The van der Waals surface area contributed by atoms with Crippen molar-refractivity contribution in [2.75, 3.05) is 50.1 Å². The Bertz CT molecular complexity index is 1370. The van der Waals surface area contributed by atoms with Crippen LogP contribution in [0.3, 0.4) is 0 Å². The van der Waals surface area contributed by atoms with E-state index in [0.29, 0.717) is 17.0 Å². The highest BCUT2D eigenvalue weighted by molar-refractivity contribution is 6.08. The lowest BCUT2D eigenvalue weighted by molar-refractivity contribution is 0.102. The molecule has 1 N–H and O–H groups in total. The molecular formula is C30H33N5O2. The van der Waals surface area contributed by atoms with Gasteiger partial charge in [0.05, 0.1) is 18.4 Å². The molecule has 1 amide bonds. The van der Waals surface area contributed by atoms with Gasteiger partial charge in [-0.05, 0) is 61.5 Å². The first-order valence-corrected chi connectivity index (χ1v) is 12.7. The summed E-state index contributed by atoms with van der Waals surface area (Å²) < 4.78 is 7.16. The maximum Gasteiger partial charge on any atom is 0.259 e. The number of hydrogen-bond donors (Lipinski definition) is 1. The van der Waals surface area contributed by atoms with Crippen molar-refractivity contribution in [3.05, 3.63) is 90.1 Å². The van der Waals surface area contributed by atoms with Crippen molar-refractivity contribution in [3.63, 3.8) is 0 Å². The van der Waals surface area contributed by atoms with Gasteiger partial charge in [-0.25, -0.2) is 4.68 Å². The summed E-state index contributed by atoms with van der Waals surface area (Å²) in [5.74, 6) is 0.511. The van der Waals surface area contributed by atoms with Crippen molar-refractivity contribution in [1.29, 1.82) is 0 Å². The number of aryl methyl sites for hydroxylation is 1. The second kappa shape index (κ2) is 10.9. The maximum atomic E-state index is 13.6. The van der Waals surface area contributed by atoms with Crippen molar-refractivity contribution in [2.45, 2.75) is 13.8 Å². The van der Waals surface area contributed by atoms with Crippen molar-refractivity contribution >= 4 is 17.3 Å². The highest BCUT2D eigenvalue weighted by Crippen LogP contribution is 2.29. The average molecular weight is 496 g/mol. The van der Waals surface area contributed by atoms with Crippen LogP contribution in [0.2, 0.25) is 0 Å². The van der Waals surface area contributed by atoms with E-state index in [0.717, 1.165) is 55.2 Å². The lowest BCUT2D eigenvalue weighted by Crippen LogP contribution is -2.46. The van der Waals surface area contributed by atoms with Gasteiger partial charge in [-0.1, -0.05) is 37.3 Å². The minimum absolute atomic E-state index is 0.201. The van der Waals surface area contributed by atoms with Crippen LogP contribution in [0, 0.1) is 6.92 Å². The summed E-state index contributed by atoms with van der Waals surface area (Å²) in [5, 5.41) is 7.92. The molecular weight excluding hydrogens is 462 g/mol. The molecule has 7 heteroatoms. The van der Waals surface area contributed by atoms with Gasteiger partial charge in [0, 0.05) is 49.3 Å². The third-order valence-corrected chi connectivity index (χ3v) is 6.97. The summed E-state index contributed by atoms with van der Waals surface area (Å²) in [6.07, 6.45) is 1.79. The summed E-state index contributed by atoms with van der Waals surface area (Å²) in [4.78, 5) is 18.5. The van der Waals surface area contributed by atoms with Crippen LogP contribution < -0.4 is 15.0 Å². The lowest BCUT2D eigenvalue weighted by Gasteiger charge is -2.35. The molecule has 0 aliphatic carbocycles. The Balaban J connectivity index is 1.42. The molecule has 5 rings (SSSR count). The quantitative estimate of drug-likeness (QED) is 0.379. The number of piperazine rings is 1. The summed E-state index contributed by atoms with van der Waals surface area (Å²) in [5.41, 5.74) is 5.82. The summed E-state index contributed by atoms with van der Waals surface area (Å²) in [6.45, 7) is 9.52. The molecule has 0 atom stereocenters. The van der Waals surface area contributed by atoms with E-state index in [1.54, 1.807) is 18.0 Å². The van der Waals surface area contributed by atoms with Gasteiger partial charge >= 0.3 is 0 Å². The van der Waals surface area contributed by atoms with Gasteiger partial charge in [-0.2, -0.15) is 5.10 Å². The fraction of sp³-hybridized carbons (Fsp3) is 0.267. The number of para-hydroxylation sites is 1. The SMILES string of the molecule is CCN1CCN(c2ccc(NC(=O)c3cn(-c4ccccc4)nc3-c3cccc(OC)c3)c(C)c2)CC1. The molecule has 0 saturated carbocycles. The number of nitrogens with zero attached hydrogens (tertiary/aromatic N) is 4. The minimum atomic E-state index is -0.201. The standard InChI is InChI=1S/C30H33N5O2/c1-4-33-15-17-34(18-16-33)25-13-14-28(22(2)19-25)31-30(36)27-21-35(24-10-6-5-7-11-24)32-29(27)23-9-8-12-26(20-23)37-3/h5-14,19-21H,4,15-18H2,1-3H3,(H,31,36). The van der Waals surface area contributed by atoms with Crippen LogP contribution in [0.15, 0.2) is 79.0 Å². The molecule has 0 radical (unpaired) electrons. The van der Waals surface area contributed by atoms with E-state index in [1.807, 2.05) is 67.6 Å². The first-order valence-electron chi connectivity index (χ1n) is 12.7. The minimum Gasteiger partial charge on any atom is -0.497 e. The number of anilines is 2. The van der Waals surface area contributed by atoms with E-state index >= 15 is 0 Å². The number of likely N-dealkylation sites (N-methyl/N-ethyl adjacent to an activating group) is 1. The molecule has 1 aliphatic heterocycles. The second-order valence-electron chi connectivity index (χ2n) is 9.28. The number of nitrogens with one attached hydrogen (secondary N) is 1. The normalized spacial score (nSPS) is 14.0. The van der Waals surface area contributed by atoms with Gasteiger partial charge < -0.3 is 19.9 Å². The lowest BCUT2D eigenvalue weighted by atomic mass is 10.1. The number of rotatable bonds is 7. The largest absolute Gasteiger partial charge is 0.497 e. The van der Waals surface area contributed by atoms with Crippen molar-refractivity contribution in [1.82, 2.24) is 14.7 Å². The number of carbonyl (C=O) groups is 1. The monoisotopic (exact) mass is 495 g/mol. The van der Waals surface area contributed by atoms with Gasteiger partial charge in [-0.15, -0.1) is 0 Å². The van der Waals surface area contributed by atoms with Gasteiger partial charge in [0.2, 0.25) is 0 Å². The number of carbonyl (C=O) groups excluding carboxylic acids is 1. The van der Waals surface area contributed by atoms with E-state index in [1.165, 1.54) is 5.69 Å². The highest BCUT2D eigenvalue weighted by Gasteiger charge is 2.21. The van der Waals surface area contributed by atoms with E-state index in [9.17, 15) is 4.79 Å². The Hall–Kier alpha value is -4.10. The average Bonchev–Trinajstić information content (AvgIpc) is 3.41.